The van der Waals surface area contributed by atoms with E-state index in [0.29, 0.717) is 17.4 Å². The summed E-state index contributed by atoms with van der Waals surface area (Å²) in [5.41, 5.74) is 2.27. The maximum absolute atomic E-state index is 13.6. The standard InChI is InChI=1S/C16H15BrFNO2S/c1-11-2-6-15(7-3-11)22(20,21)19-14(10-17)8-12-4-5-13(18)9-16(12)19/h2-7,9,14H,8,10H2,1H3/t14-/m1/s1. The number of alkyl halides is 1. The van der Waals surface area contributed by atoms with E-state index in [2.05, 4.69) is 15.9 Å². The summed E-state index contributed by atoms with van der Waals surface area (Å²) in [6.45, 7) is 1.90. The molecule has 0 saturated carbocycles. The Bertz CT molecular complexity index is 805. The lowest BCUT2D eigenvalue weighted by Gasteiger charge is -2.25. The molecule has 0 amide bonds. The molecule has 1 aliphatic heterocycles. The van der Waals surface area contributed by atoms with Crippen molar-refractivity contribution in [2.24, 2.45) is 0 Å². The molecule has 1 atom stereocenters. The van der Waals surface area contributed by atoms with Crippen molar-refractivity contribution in [1.29, 1.82) is 0 Å². The lowest BCUT2D eigenvalue weighted by atomic mass is 10.1. The van der Waals surface area contributed by atoms with Gasteiger partial charge in [0, 0.05) is 5.33 Å². The summed E-state index contributed by atoms with van der Waals surface area (Å²) in [5.74, 6) is -0.432. The summed E-state index contributed by atoms with van der Waals surface area (Å²) in [7, 11) is -3.71. The third-order valence-electron chi connectivity index (χ3n) is 3.83. The molecule has 3 nitrogen and oxygen atoms in total. The molecule has 0 aromatic heterocycles. The van der Waals surface area contributed by atoms with Crippen molar-refractivity contribution in [3.05, 3.63) is 59.4 Å². The highest BCUT2D eigenvalue weighted by Gasteiger charge is 2.38. The number of nitrogens with zero attached hydrogens (tertiary/aromatic N) is 1. The van der Waals surface area contributed by atoms with E-state index in [-0.39, 0.29) is 10.9 Å². The maximum Gasteiger partial charge on any atom is 0.264 e. The monoisotopic (exact) mass is 383 g/mol. The van der Waals surface area contributed by atoms with Crippen molar-refractivity contribution >= 4 is 31.6 Å². The lowest BCUT2D eigenvalue weighted by molar-refractivity contribution is 0.585. The van der Waals surface area contributed by atoms with E-state index in [1.54, 1.807) is 30.3 Å². The molecule has 116 valence electrons. The second kappa shape index (κ2) is 5.66. The van der Waals surface area contributed by atoms with Crippen LogP contribution in [0.1, 0.15) is 11.1 Å². The Hall–Kier alpha value is -1.40. The van der Waals surface area contributed by atoms with Crippen molar-refractivity contribution in [2.75, 3.05) is 9.64 Å². The molecule has 1 heterocycles. The average Bonchev–Trinajstić information content (AvgIpc) is 2.86. The third kappa shape index (κ3) is 2.54. The number of hydrogen-bond acceptors (Lipinski definition) is 2. The number of anilines is 1. The van der Waals surface area contributed by atoms with Gasteiger partial charge in [-0.3, -0.25) is 4.31 Å². The van der Waals surface area contributed by atoms with E-state index in [1.807, 2.05) is 6.92 Å². The predicted octanol–water partition coefficient (Wildman–Crippen LogP) is 3.65. The van der Waals surface area contributed by atoms with Crippen molar-refractivity contribution < 1.29 is 12.8 Å². The Balaban J connectivity index is 2.13. The van der Waals surface area contributed by atoms with Crippen LogP contribution in [0.2, 0.25) is 0 Å². The minimum Gasteiger partial charge on any atom is -0.262 e. The van der Waals surface area contributed by atoms with Gasteiger partial charge in [-0.05, 0) is 43.2 Å². The normalized spacial score (nSPS) is 17.6. The first-order valence-electron chi connectivity index (χ1n) is 6.89. The summed E-state index contributed by atoms with van der Waals surface area (Å²) in [6, 6.07) is 10.8. The number of halogens is 2. The highest BCUT2D eigenvalue weighted by molar-refractivity contribution is 9.09. The third-order valence-corrected chi connectivity index (χ3v) is 6.46. The van der Waals surface area contributed by atoms with Gasteiger partial charge in [0.25, 0.3) is 10.0 Å². The highest BCUT2D eigenvalue weighted by atomic mass is 79.9. The fourth-order valence-corrected chi connectivity index (χ4v) is 5.10. The molecule has 0 spiro atoms. The highest BCUT2D eigenvalue weighted by Crippen LogP contribution is 2.37. The Kier molecular flexibility index (Phi) is 3.99. The first kappa shape index (κ1) is 15.5. The van der Waals surface area contributed by atoms with Gasteiger partial charge in [-0.1, -0.05) is 39.7 Å². The molecular formula is C16H15BrFNO2S. The van der Waals surface area contributed by atoms with Gasteiger partial charge >= 0.3 is 0 Å². The van der Waals surface area contributed by atoms with Gasteiger partial charge in [-0.15, -0.1) is 0 Å². The maximum atomic E-state index is 13.6. The molecule has 2 aromatic rings. The SMILES string of the molecule is Cc1ccc(S(=O)(=O)N2c3cc(F)ccc3C[C@@H]2CBr)cc1. The van der Waals surface area contributed by atoms with Crippen molar-refractivity contribution in [2.45, 2.75) is 24.3 Å². The predicted molar refractivity (Wildman–Crippen MR) is 88.5 cm³/mol. The number of aryl methyl sites for hydroxylation is 1. The summed E-state index contributed by atoms with van der Waals surface area (Å²) in [5, 5.41) is 0.494. The molecular weight excluding hydrogens is 369 g/mol. The van der Waals surface area contributed by atoms with Crippen LogP contribution in [0.15, 0.2) is 47.4 Å². The summed E-state index contributed by atoms with van der Waals surface area (Å²) < 4.78 is 40.9. The van der Waals surface area contributed by atoms with Crippen LogP contribution in [0.3, 0.4) is 0 Å². The molecule has 0 radical (unpaired) electrons. The minimum atomic E-state index is -3.71. The van der Waals surface area contributed by atoms with Gasteiger partial charge in [0.1, 0.15) is 5.82 Å². The first-order chi connectivity index (χ1) is 10.4. The zero-order valence-corrected chi connectivity index (χ0v) is 14.4. The van der Waals surface area contributed by atoms with Gasteiger partial charge in [0.05, 0.1) is 16.6 Å². The molecule has 0 saturated heterocycles. The fourth-order valence-electron chi connectivity index (χ4n) is 2.71. The van der Waals surface area contributed by atoms with Crippen molar-refractivity contribution in [1.82, 2.24) is 0 Å². The summed E-state index contributed by atoms with van der Waals surface area (Å²) in [4.78, 5) is 0.223. The molecule has 0 bridgehead atoms. The van der Waals surface area contributed by atoms with Crippen LogP contribution < -0.4 is 4.31 Å². The Labute approximate surface area is 137 Å². The molecule has 3 rings (SSSR count). The quantitative estimate of drug-likeness (QED) is 0.758. The average molecular weight is 384 g/mol. The van der Waals surface area contributed by atoms with E-state index in [0.717, 1.165) is 11.1 Å². The molecule has 0 aliphatic carbocycles. The number of rotatable bonds is 3. The topological polar surface area (TPSA) is 37.4 Å². The van der Waals surface area contributed by atoms with Gasteiger partial charge in [-0.25, -0.2) is 12.8 Å². The van der Waals surface area contributed by atoms with E-state index in [9.17, 15) is 12.8 Å². The number of benzene rings is 2. The molecule has 6 heteroatoms. The zero-order chi connectivity index (χ0) is 15.9. The van der Waals surface area contributed by atoms with E-state index in [4.69, 9.17) is 0 Å². The van der Waals surface area contributed by atoms with Crippen LogP contribution in [-0.2, 0) is 16.4 Å². The van der Waals surface area contributed by atoms with Crippen LogP contribution in [0.25, 0.3) is 0 Å². The first-order valence-corrected chi connectivity index (χ1v) is 9.45. The Morgan fingerprint density at radius 2 is 1.91 bits per heavy atom. The van der Waals surface area contributed by atoms with Crippen molar-refractivity contribution in [3.8, 4) is 0 Å². The Morgan fingerprint density at radius 3 is 2.55 bits per heavy atom. The number of fused-ring (bicyclic) bond motifs is 1. The van der Waals surface area contributed by atoms with Crippen molar-refractivity contribution in [3.63, 3.8) is 0 Å². The molecule has 0 unspecified atom stereocenters. The molecule has 22 heavy (non-hydrogen) atoms. The van der Waals surface area contributed by atoms with E-state index >= 15 is 0 Å². The van der Waals surface area contributed by atoms with Crippen LogP contribution >= 0.6 is 15.9 Å². The van der Waals surface area contributed by atoms with Crippen LogP contribution in [0.5, 0.6) is 0 Å². The largest absolute Gasteiger partial charge is 0.264 e. The van der Waals surface area contributed by atoms with Crippen LogP contribution in [-0.4, -0.2) is 19.8 Å². The van der Waals surface area contributed by atoms with Crippen LogP contribution in [0.4, 0.5) is 10.1 Å². The molecule has 2 aromatic carbocycles. The number of sulfonamides is 1. The van der Waals surface area contributed by atoms with E-state index in [1.165, 1.54) is 16.4 Å². The summed E-state index contributed by atoms with van der Waals surface area (Å²) in [6.07, 6.45) is 0.575. The molecule has 0 N–H and O–H groups in total. The van der Waals surface area contributed by atoms with E-state index < -0.39 is 15.8 Å². The number of hydrogen-bond donors (Lipinski definition) is 0. The minimum absolute atomic E-state index is 0.223. The Morgan fingerprint density at radius 1 is 1.23 bits per heavy atom. The molecule has 0 fully saturated rings. The molecule has 1 aliphatic rings. The van der Waals surface area contributed by atoms with Gasteiger partial charge in [0.15, 0.2) is 0 Å². The fraction of sp³-hybridized carbons (Fsp3) is 0.250. The van der Waals surface area contributed by atoms with Gasteiger partial charge in [0.2, 0.25) is 0 Å². The zero-order valence-electron chi connectivity index (χ0n) is 12.0. The second-order valence-electron chi connectivity index (χ2n) is 5.40. The second-order valence-corrected chi connectivity index (χ2v) is 7.86. The van der Waals surface area contributed by atoms with Gasteiger partial charge < -0.3 is 0 Å². The summed E-state index contributed by atoms with van der Waals surface area (Å²) >= 11 is 3.37. The smallest absolute Gasteiger partial charge is 0.262 e. The van der Waals surface area contributed by atoms with Crippen LogP contribution in [0, 0.1) is 12.7 Å². The lowest BCUT2D eigenvalue weighted by Crippen LogP contribution is -2.38. The van der Waals surface area contributed by atoms with Gasteiger partial charge in [-0.2, -0.15) is 0 Å².